The van der Waals surface area contributed by atoms with Gasteiger partial charge in [-0.25, -0.2) is 0 Å². The lowest BCUT2D eigenvalue weighted by Gasteiger charge is -2.09. The van der Waals surface area contributed by atoms with Crippen molar-refractivity contribution in [2.24, 2.45) is 11.8 Å². The molecule has 98 valence electrons. The summed E-state index contributed by atoms with van der Waals surface area (Å²) in [5, 5.41) is 3.35. The third-order valence-electron chi connectivity index (χ3n) is 3.03. The number of hydrogen-bond acceptors (Lipinski definition) is 3. The van der Waals surface area contributed by atoms with E-state index in [-0.39, 0.29) is 11.9 Å². The molecule has 18 heavy (non-hydrogen) atoms. The maximum atomic E-state index is 11.5. The van der Waals surface area contributed by atoms with Gasteiger partial charge in [0.2, 0.25) is 0 Å². The van der Waals surface area contributed by atoms with Crippen LogP contribution in [0.25, 0.3) is 0 Å². The van der Waals surface area contributed by atoms with Crippen molar-refractivity contribution < 1.29 is 9.53 Å². The van der Waals surface area contributed by atoms with E-state index < -0.39 is 0 Å². The quantitative estimate of drug-likeness (QED) is 0.618. The van der Waals surface area contributed by atoms with E-state index in [0.29, 0.717) is 11.7 Å². The standard InChI is InChI=1S/C15H21NO2/c1-11(2)9-10-16-13-5-7-14(8-6-13)18-15(17)12-3-4-12/h5-8,11-12,16H,3-4,9-10H2,1-2H3. The Morgan fingerprint density at radius 2 is 2.00 bits per heavy atom. The van der Waals surface area contributed by atoms with E-state index in [9.17, 15) is 4.79 Å². The van der Waals surface area contributed by atoms with Crippen LogP contribution in [-0.4, -0.2) is 12.5 Å². The highest BCUT2D eigenvalue weighted by Crippen LogP contribution is 2.31. The molecule has 1 saturated carbocycles. The number of carbonyl (C=O) groups excluding carboxylic acids is 1. The van der Waals surface area contributed by atoms with E-state index in [0.717, 1.165) is 31.5 Å². The molecule has 0 amide bonds. The highest BCUT2D eigenvalue weighted by Gasteiger charge is 2.31. The van der Waals surface area contributed by atoms with E-state index in [1.54, 1.807) is 0 Å². The zero-order chi connectivity index (χ0) is 13.0. The monoisotopic (exact) mass is 247 g/mol. The topological polar surface area (TPSA) is 38.3 Å². The lowest BCUT2D eigenvalue weighted by atomic mass is 10.1. The molecule has 0 aliphatic heterocycles. The van der Waals surface area contributed by atoms with Crippen LogP contribution in [0.1, 0.15) is 33.1 Å². The zero-order valence-corrected chi connectivity index (χ0v) is 11.1. The average molecular weight is 247 g/mol. The van der Waals surface area contributed by atoms with Crippen molar-refractivity contribution in [1.82, 2.24) is 0 Å². The lowest BCUT2D eigenvalue weighted by Crippen LogP contribution is -2.09. The highest BCUT2D eigenvalue weighted by molar-refractivity contribution is 5.77. The van der Waals surface area contributed by atoms with E-state index in [4.69, 9.17) is 4.74 Å². The first-order valence-corrected chi connectivity index (χ1v) is 6.71. The Bertz CT molecular complexity index is 393. The van der Waals surface area contributed by atoms with Crippen molar-refractivity contribution in [2.45, 2.75) is 33.1 Å². The third-order valence-corrected chi connectivity index (χ3v) is 3.03. The fourth-order valence-electron chi connectivity index (χ4n) is 1.66. The highest BCUT2D eigenvalue weighted by atomic mass is 16.5. The van der Waals surface area contributed by atoms with E-state index in [1.807, 2.05) is 24.3 Å². The van der Waals surface area contributed by atoms with Gasteiger partial charge in [-0.1, -0.05) is 13.8 Å². The summed E-state index contributed by atoms with van der Waals surface area (Å²) < 4.78 is 5.27. The van der Waals surface area contributed by atoms with Gasteiger partial charge in [0.05, 0.1) is 5.92 Å². The third kappa shape index (κ3) is 4.06. The van der Waals surface area contributed by atoms with Crippen molar-refractivity contribution in [2.75, 3.05) is 11.9 Å². The maximum absolute atomic E-state index is 11.5. The molecule has 0 unspecified atom stereocenters. The van der Waals surface area contributed by atoms with Crippen LogP contribution < -0.4 is 10.1 Å². The second-order valence-corrected chi connectivity index (χ2v) is 5.33. The van der Waals surface area contributed by atoms with Crippen LogP contribution in [0, 0.1) is 11.8 Å². The molecular weight excluding hydrogens is 226 g/mol. The first kappa shape index (κ1) is 12.9. The summed E-state index contributed by atoms with van der Waals surface area (Å²) in [6, 6.07) is 7.60. The number of esters is 1. The van der Waals surface area contributed by atoms with Crippen LogP contribution in [0.5, 0.6) is 5.75 Å². The van der Waals surface area contributed by atoms with Crippen LogP contribution >= 0.6 is 0 Å². The SMILES string of the molecule is CC(C)CCNc1ccc(OC(=O)C2CC2)cc1. The summed E-state index contributed by atoms with van der Waals surface area (Å²) in [5.74, 6) is 1.40. The Hall–Kier alpha value is -1.51. The molecule has 0 atom stereocenters. The van der Waals surface area contributed by atoms with E-state index in [2.05, 4.69) is 19.2 Å². The summed E-state index contributed by atoms with van der Waals surface area (Å²) in [7, 11) is 0. The number of anilines is 1. The molecule has 1 fully saturated rings. The van der Waals surface area contributed by atoms with Crippen molar-refractivity contribution in [3.05, 3.63) is 24.3 Å². The van der Waals surface area contributed by atoms with Gasteiger partial charge in [-0.15, -0.1) is 0 Å². The predicted molar refractivity (Wildman–Crippen MR) is 72.7 cm³/mol. The molecule has 0 aromatic heterocycles. The van der Waals surface area contributed by atoms with Crippen LogP contribution in [-0.2, 0) is 4.79 Å². The molecular formula is C15H21NO2. The van der Waals surface area contributed by atoms with Crippen molar-refractivity contribution in [3.63, 3.8) is 0 Å². The van der Waals surface area contributed by atoms with Gasteiger partial charge in [-0.05, 0) is 49.4 Å². The maximum Gasteiger partial charge on any atom is 0.314 e. The number of benzene rings is 1. The largest absolute Gasteiger partial charge is 0.426 e. The molecule has 3 heteroatoms. The van der Waals surface area contributed by atoms with Gasteiger partial charge in [0.25, 0.3) is 0 Å². The Kier molecular flexibility index (Phi) is 4.24. The number of carbonyl (C=O) groups is 1. The summed E-state index contributed by atoms with van der Waals surface area (Å²) in [5.41, 5.74) is 1.07. The molecule has 0 saturated heterocycles. The minimum atomic E-state index is -0.0875. The van der Waals surface area contributed by atoms with Crippen LogP contribution in [0.15, 0.2) is 24.3 Å². The molecule has 0 bridgehead atoms. The normalized spacial score (nSPS) is 14.6. The fourth-order valence-corrected chi connectivity index (χ4v) is 1.66. The Morgan fingerprint density at radius 1 is 1.33 bits per heavy atom. The first-order chi connectivity index (χ1) is 8.65. The summed E-state index contributed by atoms with van der Waals surface area (Å²) in [6.07, 6.45) is 3.11. The fraction of sp³-hybridized carbons (Fsp3) is 0.533. The van der Waals surface area contributed by atoms with E-state index >= 15 is 0 Å². The molecule has 1 aliphatic carbocycles. The Morgan fingerprint density at radius 3 is 2.56 bits per heavy atom. The van der Waals surface area contributed by atoms with Gasteiger partial charge < -0.3 is 10.1 Å². The summed E-state index contributed by atoms with van der Waals surface area (Å²) >= 11 is 0. The van der Waals surface area contributed by atoms with Crippen LogP contribution in [0.2, 0.25) is 0 Å². The molecule has 1 N–H and O–H groups in total. The number of nitrogens with one attached hydrogen (secondary N) is 1. The number of rotatable bonds is 6. The summed E-state index contributed by atoms with van der Waals surface area (Å²) in [6.45, 7) is 5.39. The molecule has 0 spiro atoms. The van der Waals surface area contributed by atoms with Crippen LogP contribution in [0.4, 0.5) is 5.69 Å². The van der Waals surface area contributed by atoms with Gasteiger partial charge in [-0.3, -0.25) is 4.79 Å². The minimum Gasteiger partial charge on any atom is -0.426 e. The Labute approximate surface area is 109 Å². The molecule has 0 heterocycles. The second kappa shape index (κ2) is 5.89. The number of ether oxygens (including phenoxy) is 1. The van der Waals surface area contributed by atoms with Crippen molar-refractivity contribution in [1.29, 1.82) is 0 Å². The summed E-state index contributed by atoms with van der Waals surface area (Å²) in [4.78, 5) is 11.5. The zero-order valence-electron chi connectivity index (χ0n) is 11.1. The van der Waals surface area contributed by atoms with Crippen LogP contribution in [0.3, 0.4) is 0 Å². The lowest BCUT2D eigenvalue weighted by molar-refractivity contribution is -0.135. The number of hydrogen-bond donors (Lipinski definition) is 1. The molecule has 1 aromatic carbocycles. The predicted octanol–water partition coefficient (Wildman–Crippen LogP) is 3.46. The van der Waals surface area contributed by atoms with Crippen molar-refractivity contribution in [3.8, 4) is 5.75 Å². The molecule has 0 radical (unpaired) electrons. The van der Waals surface area contributed by atoms with Gasteiger partial charge >= 0.3 is 5.97 Å². The molecule has 1 aliphatic rings. The average Bonchev–Trinajstić information content (AvgIpc) is 3.15. The molecule has 2 rings (SSSR count). The molecule has 3 nitrogen and oxygen atoms in total. The van der Waals surface area contributed by atoms with Crippen molar-refractivity contribution >= 4 is 11.7 Å². The van der Waals surface area contributed by atoms with E-state index in [1.165, 1.54) is 0 Å². The van der Waals surface area contributed by atoms with Gasteiger partial charge in [0, 0.05) is 12.2 Å². The minimum absolute atomic E-state index is 0.0875. The molecule has 1 aromatic rings. The smallest absolute Gasteiger partial charge is 0.314 e. The Balaban J connectivity index is 1.79. The van der Waals surface area contributed by atoms with Gasteiger partial charge in [0.15, 0.2) is 0 Å². The van der Waals surface area contributed by atoms with Gasteiger partial charge in [-0.2, -0.15) is 0 Å². The first-order valence-electron chi connectivity index (χ1n) is 6.71. The van der Waals surface area contributed by atoms with Gasteiger partial charge in [0.1, 0.15) is 5.75 Å². The second-order valence-electron chi connectivity index (χ2n) is 5.33.